The fraction of sp³-hybridized carbons (Fsp3) is 0.238. The number of halogens is 2. The standard InChI is InChI=1S/C21H19Cl2N5O4S2/c1-10(2)34(31,32)20-17(12-5-6-14(22)15(23)7-12)25-21(33-20)28-18(19(29)30)16(11(3)26-28)13-8-24-27(4)9-13/h5-10H,1-4H3,(H,29,30). The molecule has 0 radical (unpaired) electrons. The number of carboxylic acids is 1. The molecule has 1 aromatic carbocycles. The van der Waals surface area contributed by atoms with Crippen molar-refractivity contribution < 1.29 is 18.3 Å². The summed E-state index contributed by atoms with van der Waals surface area (Å²) in [4.78, 5) is 16.8. The number of rotatable bonds is 6. The minimum absolute atomic E-state index is 0.0108. The molecule has 3 heterocycles. The van der Waals surface area contributed by atoms with E-state index in [9.17, 15) is 18.3 Å². The molecule has 0 fully saturated rings. The highest BCUT2D eigenvalue weighted by Gasteiger charge is 2.31. The van der Waals surface area contributed by atoms with Crippen molar-refractivity contribution in [3.05, 3.63) is 52.0 Å². The molecule has 3 aromatic heterocycles. The topological polar surface area (TPSA) is 120 Å². The van der Waals surface area contributed by atoms with Gasteiger partial charge in [0.25, 0.3) is 0 Å². The van der Waals surface area contributed by atoms with E-state index in [2.05, 4.69) is 15.2 Å². The van der Waals surface area contributed by atoms with Gasteiger partial charge in [0.1, 0.15) is 9.90 Å². The number of nitrogens with zero attached hydrogens (tertiary/aromatic N) is 5. The van der Waals surface area contributed by atoms with E-state index >= 15 is 0 Å². The third-order valence-corrected chi connectivity index (χ3v) is 9.56. The number of hydrogen-bond acceptors (Lipinski definition) is 7. The molecule has 0 unspecified atom stereocenters. The molecule has 0 saturated carbocycles. The fourth-order valence-electron chi connectivity index (χ4n) is 3.38. The molecule has 0 bridgehead atoms. The van der Waals surface area contributed by atoms with Crippen molar-refractivity contribution >= 4 is 50.3 Å². The second kappa shape index (κ2) is 8.81. The Kier molecular flexibility index (Phi) is 6.32. The smallest absolute Gasteiger partial charge is 0.355 e. The van der Waals surface area contributed by atoms with E-state index in [0.717, 1.165) is 16.0 Å². The summed E-state index contributed by atoms with van der Waals surface area (Å²) in [5.74, 6) is -1.24. The zero-order chi connectivity index (χ0) is 24.9. The van der Waals surface area contributed by atoms with Gasteiger partial charge < -0.3 is 5.11 Å². The lowest BCUT2D eigenvalue weighted by Gasteiger charge is -2.08. The minimum Gasteiger partial charge on any atom is -0.476 e. The summed E-state index contributed by atoms with van der Waals surface area (Å²) in [7, 11) is -2.05. The molecular weight excluding hydrogens is 521 g/mol. The van der Waals surface area contributed by atoms with Crippen molar-refractivity contribution in [2.75, 3.05) is 0 Å². The molecule has 0 aliphatic heterocycles. The SMILES string of the molecule is Cc1nn(-c2nc(-c3ccc(Cl)c(Cl)c3)c(S(=O)(=O)C(C)C)s2)c(C(=O)O)c1-c1cnn(C)c1. The molecule has 0 aliphatic rings. The van der Waals surface area contributed by atoms with Crippen molar-refractivity contribution in [2.24, 2.45) is 7.05 Å². The summed E-state index contributed by atoms with van der Waals surface area (Å²) in [5, 5.41) is 18.5. The number of benzene rings is 1. The number of aryl methyl sites for hydroxylation is 2. The average Bonchev–Trinajstić information content (AvgIpc) is 3.46. The van der Waals surface area contributed by atoms with E-state index in [1.165, 1.54) is 6.07 Å². The predicted molar refractivity (Wildman–Crippen MR) is 131 cm³/mol. The molecule has 4 aromatic rings. The molecular formula is C21H19Cl2N5O4S2. The number of aromatic nitrogens is 5. The van der Waals surface area contributed by atoms with Gasteiger partial charge in [0.2, 0.25) is 5.13 Å². The molecule has 0 aliphatic carbocycles. The van der Waals surface area contributed by atoms with Crippen LogP contribution < -0.4 is 0 Å². The number of carboxylic acid groups (broad SMARTS) is 1. The highest BCUT2D eigenvalue weighted by molar-refractivity contribution is 7.94. The van der Waals surface area contributed by atoms with E-state index in [1.54, 1.807) is 57.0 Å². The average molecular weight is 540 g/mol. The Morgan fingerprint density at radius 2 is 1.88 bits per heavy atom. The van der Waals surface area contributed by atoms with E-state index in [1.807, 2.05) is 0 Å². The lowest BCUT2D eigenvalue weighted by molar-refractivity contribution is 0.0688. The van der Waals surface area contributed by atoms with Crippen LogP contribution in [0, 0.1) is 6.92 Å². The first-order valence-electron chi connectivity index (χ1n) is 9.94. The highest BCUT2D eigenvalue weighted by atomic mass is 35.5. The van der Waals surface area contributed by atoms with Crippen molar-refractivity contribution in [3.63, 3.8) is 0 Å². The van der Waals surface area contributed by atoms with Crippen LogP contribution in [0.25, 0.3) is 27.5 Å². The van der Waals surface area contributed by atoms with Crippen LogP contribution in [0.15, 0.2) is 34.8 Å². The van der Waals surface area contributed by atoms with Gasteiger partial charge in [-0.2, -0.15) is 14.9 Å². The quantitative estimate of drug-likeness (QED) is 0.370. The van der Waals surface area contributed by atoms with Crippen LogP contribution in [0.1, 0.15) is 30.0 Å². The lowest BCUT2D eigenvalue weighted by Crippen LogP contribution is -2.13. The Labute approximate surface area is 209 Å². The Morgan fingerprint density at radius 3 is 2.44 bits per heavy atom. The molecule has 0 atom stereocenters. The number of sulfone groups is 1. The summed E-state index contributed by atoms with van der Waals surface area (Å²) in [6, 6.07) is 4.68. The maximum atomic E-state index is 13.2. The summed E-state index contributed by atoms with van der Waals surface area (Å²) in [5.41, 5.74) is 1.82. The molecule has 1 N–H and O–H groups in total. The van der Waals surface area contributed by atoms with Crippen LogP contribution in [0.5, 0.6) is 0 Å². The second-order valence-electron chi connectivity index (χ2n) is 7.78. The van der Waals surface area contributed by atoms with Gasteiger partial charge in [0.15, 0.2) is 15.5 Å². The third kappa shape index (κ3) is 4.13. The van der Waals surface area contributed by atoms with Gasteiger partial charge in [0.05, 0.1) is 27.2 Å². The largest absolute Gasteiger partial charge is 0.476 e. The summed E-state index contributed by atoms with van der Waals surface area (Å²) < 4.78 is 29.1. The number of carbonyl (C=O) groups is 1. The molecule has 13 heteroatoms. The zero-order valence-electron chi connectivity index (χ0n) is 18.4. The summed E-state index contributed by atoms with van der Waals surface area (Å²) in [6.07, 6.45) is 3.22. The second-order valence-corrected chi connectivity index (χ2v) is 12.3. The maximum Gasteiger partial charge on any atom is 0.355 e. The monoisotopic (exact) mass is 539 g/mol. The van der Waals surface area contributed by atoms with Crippen LogP contribution in [0.2, 0.25) is 10.0 Å². The third-order valence-electron chi connectivity index (χ3n) is 5.09. The normalized spacial score (nSPS) is 12.0. The van der Waals surface area contributed by atoms with Gasteiger partial charge in [-0.05, 0) is 32.9 Å². The molecule has 0 spiro atoms. The number of hydrogen-bond donors (Lipinski definition) is 1. The van der Waals surface area contributed by atoms with Gasteiger partial charge >= 0.3 is 5.97 Å². The maximum absolute atomic E-state index is 13.2. The molecule has 178 valence electrons. The Morgan fingerprint density at radius 1 is 1.18 bits per heavy atom. The lowest BCUT2D eigenvalue weighted by atomic mass is 10.1. The van der Waals surface area contributed by atoms with Gasteiger partial charge in [-0.25, -0.2) is 18.2 Å². The van der Waals surface area contributed by atoms with Gasteiger partial charge in [-0.15, -0.1) is 0 Å². The fourth-order valence-corrected chi connectivity index (χ4v) is 6.58. The first-order chi connectivity index (χ1) is 15.9. The van der Waals surface area contributed by atoms with Crippen LogP contribution in [-0.2, 0) is 16.9 Å². The zero-order valence-corrected chi connectivity index (χ0v) is 21.6. The van der Waals surface area contributed by atoms with Gasteiger partial charge in [-0.3, -0.25) is 4.68 Å². The van der Waals surface area contributed by atoms with Crippen LogP contribution in [0.4, 0.5) is 0 Å². The van der Waals surface area contributed by atoms with Crippen molar-refractivity contribution in [3.8, 4) is 27.5 Å². The first-order valence-corrected chi connectivity index (χ1v) is 13.1. The molecule has 4 rings (SSSR count). The first kappa shape index (κ1) is 24.4. The molecule has 0 saturated heterocycles. The minimum atomic E-state index is -3.77. The Bertz CT molecular complexity index is 1540. The van der Waals surface area contributed by atoms with Crippen LogP contribution in [0.3, 0.4) is 0 Å². The van der Waals surface area contributed by atoms with Crippen molar-refractivity contribution in [1.82, 2.24) is 24.5 Å². The van der Waals surface area contributed by atoms with E-state index in [-0.39, 0.29) is 25.8 Å². The van der Waals surface area contributed by atoms with Crippen molar-refractivity contribution in [1.29, 1.82) is 0 Å². The number of thiazole rings is 1. The Balaban J connectivity index is 2.01. The van der Waals surface area contributed by atoms with Gasteiger partial charge in [-0.1, -0.05) is 40.6 Å². The van der Waals surface area contributed by atoms with E-state index < -0.39 is 21.1 Å². The molecule has 9 nitrogen and oxygen atoms in total. The summed E-state index contributed by atoms with van der Waals surface area (Å²) >= 11 is 13.0. The van der Waals surface area contributed by atoms with Gasteiger partial charge in [0, 0.05) is 29.9 Å². The summed E-state index contributed by atoms with van der Waals surface area (Å²) in [6.45, 7) is 4.80. The Hall–Kier alpha value is -2.73. The van der Waals surface area contributed by atoms with Crippen LogP contribution >= 0.6 is 34.5 Å². The predicted octanol–water partition coefficient (Wildman–Crippen LogP) is 4.89. The van der Waals surface area contributed by atoms with Crippen LogP contribution in [-0.4, -0.2) is 49.3 Å². The highest BCUT2D eigenvalue weighted by Crippen LogP contribution is 2.39. The molecule has 34 heavy (non-hydrogen) atoms. The van der Waals surface area contributed by atoms with E-state index in [4.69, 9.17) is 23.2 Å². The van der Waals surface area contributed by atoms with E-state index in [0.29, 0.717) is 27.4 Å². The molecule has 0 amide bonds. The van der Waals surface area contributed by atoms with Crippen molar-refractivity contribution in [2.45, 2.75) is 30.2 Å². The number of aromatic carboxylic acids is 1.